The van der Waals surface area contributed by atoms with E-state index in [0.29, 0.717) is 5.69 Å². The summed E-state index contributed by atoms with van der Waals surface area (Å²) < 4.78 is 14.1. The van der Waals surface area contributed by atoms with Gasteiger partial charge in [-0.15, -0.1) is 34.0 Å². The Kier molecular flexibility index (Phi) is 21.4. The molecule has 0 saturated heterocycles. The van der Waals surface area contributed by atoms with E-state index < -0.39 is 5.41 Å². The Bertz CT molecular complexity index is 10200. The van der Waals surface area contributed by atoms with Crippen molar-refractivity contribution in [2.75, 3.05) is 14.7 Å². The molecule has 29 aromatic rings. The van der Waals surface area contributed by atoms with Gasteiger partial charge in [-0.1, -0.05) is 382 Å². The van der Waals surface area contributed by atoms with Crippen LogP contribution < -0.4 is 14.7 Å². The third-order valence-electron chi connectivity index (χ3n) is 30.0. The van der Waals surface area contributed by atoms with Gasteiger partial charge in [0.2, 0.25) is 0 Å². The smallest absolute Gasteiger partial charge is 0.187 e. The van der Waals surface area contributed by atoms with Crippen LogP contribution in [0.2, 0.25) is 0 Å². The van der Waals surface area contributed by atoms with Crippen LogP contribution in [0.3, 0.4) is 0 Å². The van der Waals surface area contributed by atoms with E-state index in [1.165, 1.54) is 176 Å². The first-order valence-electron chi connectivity index (χ1n) is 50.2. The summed E-state index contributed by atoms with van der Waals surface area (Å²) in [7, 11) is 0. The zero-order valence-corrected chi connectivity index (χ0v) is 82.7. The van der Waals surface area contributed by atoms with Gasteiger partial charge in [0, 0.05) is 122 Å². The average Bonchev–Trinajstić information content (AvgIpc) is 1.52. The highest BCUT2D eigenvalue weighted by molar-refractivity contribution is 7.27. The maximum absolute atomic E-state index is 7.51. The van der Waals surface area contributed by atoms with E-state index in [0.717, 1.165) is 89.5 Å². The standard InChI is InChI=1S/C59H39NS.C42H27NO.C39H22N2S2/c1-4-16-40(17-5-1)41-28-32-45(33-29-41)60(47-36-37-51-50-24-13-15-27-56(50)61-57(51)38-47)46-34-30-42(31-35-46)53-39-54-49-23-12-14-26-55(49)59(43-18-6-2-7-19-43,44-20-8-3-9-21-44)58(54)52-25-11-10-22-48(52)53;1-3-11-31-25-35(23-17-28(31)9-1)43(36-24-18-29-10-2-4-12-32(29)26-36)34-21-19-30(20-22-34)39-27-33-13-5-6-14-37(33)42-41(39)38-15-7-8-16-40(38)44-42;1-40-27-13-18-38-34(21-27)32-17-12-25-11-15-29(22-33(25)39(32)43-38)41(28-14-10-24-6-2-3-7-26(24)20-28)30-16-19-37-35(23-30)31-8-4-5-9-36(31)42-37/h1-39H;1-27H;2-23H. The SMILES string of the molecule is [C-]#[N+]c1ccc2sc3c4cc(N(c5ccc6ccccc6c5)c5ccc6sc7ccccc7c6c5)ccc4ccc3c2c1.c1ccc(-c2ccc(N(c3ccc(-c4cc5c(c6ccccc46)C(c4ccccc4)(c4ccccc4)c4ccccc4-5)cc3)c3ccc4c(c3)sc3ccccc34)cc2)cc1.c1ccc2cc(N(c3ccc(-c4cc5ccccc5c5oc6ccccc6c45)cc3)c3ccc4ccccc4c3)ccc2c1. The van der Waals surface area contributed by atoms with Gasteiger partial charge in [0.25, 0.3) is 0 Å². The normalized spacial score (nSPS) is 12.1. The van der Waals surface area contributed by atoms with Crippen molar-refractivity contribution >= 4 is 238 Å². The third-order valence-corrected chi connectivity index (χ3v) is 33.5. The molecule has 148 heavy (non-hydrogen) atoms. The lowest BCUT2D eigenvalue weighted by atomic mass is 9.66. The van der Waals surface area contributed by atoms with Gasteiger partial charge in [0.15, 0.2) is 5.69 Å². The molecule has 692 valence electrons. The van der Waals surface area contributed by atoms with Crippen LogP contribution in [0.15, 0.2) is 538 Å². The molecule has 0 radical (unpaired) electrons. The second kappa shape index (κ2) is 36.4. The molecule has 25 aromatic carbocycles. The number of nitrogens with zero attached hydrogens (tertiary/aromatic N) is 4. The van der Waals surface area contributed by atoms with E-state index in [1.54, 1.807) is 0 Å². The number of hydrogen-bond donors (Lipinski definition) is 0. The predicted molar refractivity (Wildman–Crippen MR) is 634 cm³/mol. The van der Waals surface area contributed by atoms with E-state index in [1.807, 2.05) is 52.2 Å². The first kappa shape index (κ1) is 87.2. The molecule has 0 saturated carbocycles. The molecule has 8 heteroatoms. The molecule has 30 rings (SSSR count). The Morgan fingerprint density at radius 1 is 0.209 bits per heavy atom. The summed E-state index contributed by atoms with van der Waals surface area (Å²) in [5.41, 5.74) is 27.2. The lowest BCUT2D eigenvalue weighted by molar-refractivity contribution is 0.673. The Hall–Kier alpha value is -18.6. The fourth-order valence-corrected chi connectivity index (χ4v) is 26.5. The Labute approximate surface area is 867 Å². The average molecular weight is 1940 g/mol. The highest BCUT2D eigenvalue weighted by Crippen LogP contribution is 2.60. The number of thiophene rings is 3. The predicted octanol–water partition coefficient (Wildman–Crippen LogP) is 41.3. The first-order chi connectivity index (χ1) is 73.3. The van der Waals surface area contributed by atoms with Crippen LogP contribution in [0.1, 0.15) is 22.3 Å². The molecule has 5 nitrogen and oxygen atoms in total. The van der Waals surface area contributed by atoms with E-state index >= 15 is 0 Å². The molecule has 0 unspecified atom stereocenters. The molecule has 0 atom stereocenters. The molecule has 0 N–H and O–H groups in total. The summed E-state index contributed by atoms with van der Waals surface area (Å²) in [6.45, 7) is 7.51. The number of para-hydroxylation sites is 1. The number of rotatable bonds is 14. The van der Waals surface area contributed by atoms with Crippen LogP contribution in [0, 0.1) is 6.57 Å². The molecule has 4 heterocycles. The van der Waals surface area contributed by atoms with Crippen LogP contribution >= 0.6 is 34.0 Å². The summed E-state index contributed by atoms with van der Waals surface area (Å²) >= 11 is 5.52. The van der Waals surface area contributed by atoms with Gasteiger partial charge in [-0.05, 0) is 283 Å². The lowest BCUT2D eigenvalue weighted by Crippen LogP contribution is -2.28. The van der Waals surface area contributed by atoms with Gasteiger partial charge in [0.1, 0.15) is 11.2 Å². The van der Waals surface area contributed by atoms with Crippen LogP contribution in [0.5, 0.6) is 0 Å². The van der Waals surface area contributed by atoms with E-state index in [9.17, 15) is 0 Å². The van der Waals surface area contributed by atoms with E-state index in [4.69, 9.17) is 11.0 Å². The highest BCUT2D eigenvalue weighted by atomic mass is 32.1. The molecule has 0 fully saturated rings. The summed E-state index contributed by atoms with van der Waals surface area (Å²) in [5.74, 6) is 0. The summed E-state index contributed by atoms with van der Waals surface area (Å²) in [4.78, 5) is 10.8. The minimum absolute atomic E-state index is 0.470. The van der Waals surface area contributed by atoms with Crippen LogP contribution in [0.4, 0.5) is 56.9 Å². The van der Waals surface area contributed by atoms with Gasteiger partial charge in [-0.3, -0.25) is 0 Å². The van der Waals surface area contributed by atoms with Crippen molar-refractivity contribution in [3.63, 3.8) is 0 Å². The molecule has 0 spiro atoms. The van der Waals surface area contributed by atoms with Crippen molar-refractivity contribution in [3.8, 4) is 44.5 Å². The number of fused-ring (bicyclic) bond motifs is 24. The van der Waals surface area contributed by atoms with Gasteiger partial charge in [0.05, 0.1) is 12.0 Å². The Balaban J connectivity index is 0.000000109. The zero-order valence-electron chi connectivity index (χ0n) is 80.2. The van der Waals surface area contributed by atoms with Gasteiger partial charge in [-0.25, -0.2) is 4.85 Å². The van der Waals surface area contributed by atoms with E-state index in [2.05, 4.69) is 535 Å². The molecule has 1 aliphatic carbocycles. The number of hydrogen-bond acceptors (Lipinski definition) is 7. The fraction of sp³-hybridized carbons (Fsp3) is 0.00714. The maximum atomic E-state index is 7.51. The zero-order chi connectivity index (χ0) is 97.9. The quantitative estimate of drug-likeness (QED) is 0.101. The van der Waals surface area contributed by atoms with Crippen molar-refractivity contribution < 1.29 is 4.42 Å². The topological polar surface area (TPSA) is 27.2 Å². The van der Waals surface area contributed by atoms with Crippen molar-refractivity contribution in [2.45, 2.75) is 5.41 Å². The largest absolute Gasteiger partial charge is 0.455 e. The minimum atomic E-state index is -0.470. The van der Waals surface area contributed by atoms with Crippen LogP contribution in [0.25, 0.3) is 196 Å². The van der Waals surface area contributed by atoms with Crippen LogP contribution in [-0.2, 0) is 5.41 Å². The summed E-state index contributed by atoms with van der Waals surface area (Å²) in [6.07, 6.45) is 0. The number of benzene rings is 25. The second-order valence-electron chi connectivity index (χ2n) is 38.3. The summed E-state index contributed by atoms with van der Waals surface area (Å²) in [6, 6.07) is 194. The van der Waals surface area contributed by atoms with E-state index in [-0.39, 0.29) is 0 Å². The minimum Gasteiger partial charge on any atom is -0.455 e. The molecular weight excluding hydrogens is 1850 g/mol. The van der Waals surface area contributed by atoms with Crippen molar-refractivity contribution in [1.82, 2.24) is 0 Å². The lowest BCUT2D eigenvalue weighted by Gasteiger charge is -2.35. The fourth-order valence-electron chi connectivity index (χ4n) is 23.1. The maximum Gasteiger partial charge on any atom is 0.187 e. The van der Waals surface area contributed by atoms with Crippen molar-refractivity contribution in [3.05, 3.63) is 568 Å². The van der Waals surface area contributed by atoms with Crippen molar-refractivity contribution in [2.24, 2.45) is 0 Å². The third kappa shape index (κ3) is 15.0. The molecule has 0 bridgehead atoms. The molecule has 0 amide bonds. The van der Waals surface area contributed by atoms with Crippen LogP contribution in [-0.4, -0.2) is 0 Å². The molecule has 1 aliphatic rings. The first-order valence-corrected chi connectivity index (χ1v) is 52.7. The monoisotopic (exact) mass is 1940 g/mol. The molecule has 4 aromatic heterocycles. The highest BCUT2D eigenvalue weighted by Gasteiger charge is 2.47. The number of anilines is 9. The summed E-state index contributed by atoms with van der Waals surface area (Å²) in [5, 5.41) is 24.5. The van der Waals surface area contributed by atoms with Gasteiger partial charge < -0.3 is 19.1 Å². The number of furan rings is 1. The Morgan fingerprint density at radius 3 is 1.22 bits per heavy atom. The van der Waals surface area contributed by atoms with Gasteiger partial charge >= 0.3 is 0 Å². The Morgan fingerprint density at radius 2 is 0.601 bits per heavy atom. The second-order valence-corrected chi connectivity index (χ2v) is 41.5. The molecular formula is C140H88N4OS3. The van der Waals surface area contributed by atoms with Crippen molar-refractivity contribution in [1.29, 1.82) is 0 Å². The van der Waals surface area contributed by atoms with Gasteiger partial charge in [-0.2, -0.15) is 0 Å². The molecule has 0 aliphatic heterocycles.